The normalized spacial score (nSPS) is 11.9. The van der Waals surface area contributed by atoms with Crippen molar-refractivity contribution in [2.24, 2.45) is 14.1 Å². The van der Waals surface area contributed by atoms with E-state index >= 15 is 0 Å². The maximum absolute atomic E-state index is 13.0. The van der Waals surface area contributed by atoms with E-state index in [0.29, 0.717) is 24.5 Å². The lowest BCUT2D eigenvalue weighted by Gasteiger charge is -2.22. The van der Waals surface area contributed by atoms with E-state index in [4.69, 9.17) is 0 Å². The molecular formula is C21H29N7O5S. The Morgan fingerprint density at radius 1 is 1.09 bits per heavy atom. The van der Waals surface area contributed by atoms with Crippen molar-refractivity contribution in [1.82, 2.24) is 23.0 Å². The second-order valence-electron chi connectivity index (χ2n) is 7.96. The van der Waals surface area contributed by atoms with Crippen LogP contribution in [0.25, 0.3) is 11.2 Å². The van der Waals surface area contributed by atoms with Gasteiger partial charge in [0.25, 0.3) is 5.56 Å². The van der Waals surface area contributed by atoms with Crippen LogP contribution in [0.2, 0.25) is 0 Å². The molecule has 184 valence electrons. The molecule has 0 spiro atoms. The number of hydrogen-bond acceptors (Lipinski definition) is 7. The molecule has 0 radical (unpaired) electrons. The van der Waals surface area contributed by atoms with Crippen LogP contribution in [0.15, 0.2) is 39.0 Å². The number of benzene rings is 1. The van der Waals surface area contributed by atoms with E-state index in [1.165, 1.54) is 46.0 Å². The van der Waals surface area contributed by atoms with Crippen molar-refractivity contribution in [2.75, 3.05) is 37.4 Å². The summed E-state index contributed by atoms with van der Waals surface area (Å²) in [5, 5.41) is 2.75. The van der Waals surface area contributed by atoms with Crippen molar-refractivity contribution in [2.45, 2.75) is 25.3 Å². The number of nitrogens with zero attached hydrogens (tertiary/aromatic N) is 6. The Bertz CT molecular complexity index is 1460. The van der Waals surface area contributed by atoms with Gasteiger partial charge < -0.3 is 14.8 Å². The number of imidazole rings is 1. The van der Waals surface area contributed by atoms with Crippen LogP contribution in [-0.4, -0.2) is 64.5 Å². The van der Waals surface area contributed by atoms with Crippen molar-refractivity contribution in [1.29, 1.82) is 0 Å². The molecule has 3 aromatic rings. The van der Waals surface area contributed by atoms with Crippen LogP contribution < -0.4 is 21.5 Å². The van der Waals surface area contributed by atoms with Gasteiger partial charge in [0.15, 0.2) is 11.2 Å². The van der Waals surface area contributed by atoms with Crippen molar-refractivity contribution in [3.63, 3.8) is 0 Å². The molecule has 0 aliphatic carbocycles. The van der Waals surface area contributed by atoms with Gasteiger partial charge in [-0.3, -0.25) is 18.7 Å². The molecule has 0 fully saturated rings. The number of nitrogens with one attached hydrogen (secondary N) is 1. The molecule has 0 unspecified atom stereocenters. The summed E-state index contributed by atoms with van der Waals surface area (Å²) in [5.74, 6) is -0.490. The molecule has 12 nitrogen and oxygen atoms in total. The lowest BCUT2D eigenvalue weighted by molar-refractivity contribution is -0.116. The summed E-state index contributed by atoms with van der Waals surface area (Å²) in [7, 11) is 2.67. The smallest absolute Gasteiger partial charge is 0.332 e. The lowest BCUT2D eigenvalue weighted by atomic mass is 10.2. The van der Waals surface area contributed by atoms with Crippen molar-refractivity contribution >= 4 is 38.5 Å². The van der Waals surface area contributed by atoms with E-state index in [-0.39, 0.29) is 22.6 Å². The SMILES string of the molecule is CCN(CC)S(=O)(=O)c1ccc(N(C)C)c(NC(=O)Cn2cnc3c2c(=O)n(C)c(=O)n3C)c1. The number of aryl methyl sites for hydroxylation is 1. The summed E-state index contributed by atoms with van der Waals surface area (Å²) in [6, 6.07) is 4.56. The summed E-state index contributed by atoms with van der Waals surface area (Å²) in [5.41, 5.74) is 0.125. The van der Waals surface area contributed by atoms with Crippen LogP contribution in [0.3, 0.4) is 0 Å². The highest BCUT2D eigenvalue weighted by Gasteiger charge is 2.24. The fourth-order valence-corrected chi connectivity index (χ4v) is 5.22. The average molecular weight is 492 g/mol. The van der Waals surface area contributed by atoms with Gasteiger partial charge in [0.2, 0.25) is 15.9 Å². The monoisotopic (exact) mass is 491 g/mol. The van der Waals surface area contributed by atoms with E-state index in [1.54, 1.807) is 38.9 Å². The minimum Gasteiger partial charge on any atom is -0.376 e. The standard InChI is InChI=1S/C21H29N7O5S/c1-7-28(8-2)34(32,33)14-9-10-16(24(3)4)15(11-14)23-17(29)12-27-13-22-19-18(27)20(30)26(6)21(31)25(19)5/h9-11,13H,7-8,12H2,1-6H3,(H,23,29). The van der Waals surface area contributed by atoms with Gasteiger partial charge in [0.05, 0.1) is 22.6 Å². The number of sulfonamides is 1. The van der Waals surface area contributed by atoms with Crippen LogP contribution in [0.5, 0.6) is 0 Å². The molecule has 13 heteroatoms. The predicted octanol–water partition coefficient (Wildman–Crippen LogP) is 0.169. The second kappa shape index (κ2) is 9.43. The number of carbonyl (C=O) groups excluding carboxylic acids is 1. The molecule has 0 saturated carbocycles. The van der Waals surface area contributed by atoms with Crippen LogP contribution in [0, 0.1) is 0 Å². The molecule has 1 N–H and O–H groups in total. The van der Waals surface area contributed by atoms with Gasteiger partial charge in [-0.25, -0.2) is 18.2 Å². The maximum atomic E-state index is 13.0. The number of hydrogen-bond donors (Lipinski definition) is 1. The van der Waals surface area contributed by atoms with E-state index < -0.39 is 27.2 Å². The largest absolute Gasteiger partial charge is 0.376 e. The predicted molar refractivity (Wildman–Crippen MR) is 130 cm³/mol. The van der Waals surface area contributed by atoms with Gasteiger partial charge in [-0.1, -0.05) is 13.8 Å². The minimum absolute atomic E-state index is 0.0639. The molecule has 34 heavy (non-hydrogen) atoms. The molecule has 1 amide bonds. The Morgan fingerprint density at radius 2 is 1.74 bits per heavy atom. The van der Waals surface area contributed by atoms with E-state index in [9.17, 15) is 22.8 Å². The maximum Gasteiger partial charge on any atom is 0.332 e. The highest BCUT2D eigenvalue weighted by atomic mass is 32.2. The summed E-state index contributed by atoms with van der Waals surface area (Å²) in [6.07, 6.45) is 1.32. The first kappa shape index (κ1) is 25.2. The topological polar surface area (TPSA) is 132 Å². The zero-order valence-electron chi connectivity index (χ0n) is 20.1. The average Bonchev–Trinajstić information content (AvgIpc) is 3.20. The van der Waals surface area contributed by atoms with E-state index in [0.717, 1.165) is 4.57 Å². The highest BCUT2D eigenvalue weighted by molar-refractivity contribution is 7.89. The van der Waals surface area contributed by atoms with Gasteiger partial charge >= 0.3 is 5.69 Å². The number of carbonyl (C=O) groups is 1. The fraction of sp³-hybridized carbons (Fsp3) is 0.429. The third-order valence-corrected chi connectivity index (χ3v) is 7.64. The zero-order valence-corrected chi connectivity index (χ0v) is 20.9. The van der Waals surface area contributed by atoms with Gasteiger partial charge in [0.1, 0.15) is 6.54 Å². The van der Waals surface area contributed by atoms with Gasteiger partial charge in [0, 0.05) is 41.3 Å². The molecule has 0 aliphatic heterocycles. The third kappa shape index (κ3) is 4.35. The Hall–Kier alpha value is -3.45. The van der Waals surface area contributed by atoms with Crippen molar-refractivity contribution in [3.05, 3.63) is 45.4 Å². The molecule has 0 atom stereocenters. The molecule has 1 aromatic carbocycles. The van der Waals surface area contributed by atoms with Crippen LogP contribution in [0.1, 0.15) is 13.8 Å². The number of aromatic nitrogens is 4. The summed E-state index contributed by atoms with van der Waals surface area (Å²) < 4.78 is 30.8. The molecule has 2 aromatic heterocycles. The Balaban J connectivity index is 1.99. The number of anilines is 2. The van der Waals surface area contributed by atoms with Gasteiger partial charge in [-0.2, -0.15) is 4.31 Å². The number of fused-ring (bicyclic) bond motifs is 1. The highest BCUT2D eigenvalue weighted by Crippen LogP contribution is 2.29. The Morgan fingerprint density at radius 3 is 2.32 bits per heavy atom. The summed E-state index contributed by atoms with van der Waals surface area (Å²) in [6.45, 7) is 3.90. The van der Waals surface area contributed by atoms with Crippen molar-refractivity contribution < 1.29 is 13.2 Å². The Labute approximate surface area is 197 Å². The minimum atomic E-state index is -3.73. The molecular weight excluding hydrogens is 462 g/mol. The fourth-order valence-electron chi connectivity index (χ4n) is 3.74. The number of rotatable bonds is 8. The van der Waals surface area contributed by atoms with E-state index in [1.807, 2.05) is 0 Å². The quantitative estimate of drug-likeness (QED) is 0.475. The first-order valence-corrected chi connectivity index (χ1v) is 12.1. The van der Waals surface area contributed by atoms with Crippen molar-refractivity contribution in [3.8, 4) is 0 Å². The van der Waals surface area contributed by atoms with Gasteiger partial charge in [-0.15, -0.1) is 0 Å². The second-order valence-corrected chi connectivity index (χ2v) is 9.90. The molecule has 0 aliphatic rings. The summed E-state index contributed by atoms with van der Waals surface area (Å²) in [4.78, 5) is 43.6. The lowest BCUT2D eigenvalue weighted by Crippen LogP contribution is -2.37. The Kier molecular flexibility index (Phi) is 6.98. The first-order valence-electron chi connectivity index (χ1n) is 10.7. The summed E-state index contributed by atoms with van der Waals surface area (Å²) >= 11 is 0. The molecule has 3 rings (SSSR count). The third-order valence-electron chi connectivity index (χ3n) is 5.60. The molecule has 0 saturated heterocycles. The van der Waals surface area contributed by atoms with Crippen LogP contribution in [-0.2, 0) is 35.5 Å². The van der Waals surface area contributed by atoms with Crippen LogP contribution in [0.4, 0.5) is 11.4 Å². The molecule has 0 bridgehead atoms. The zero-order chi connectivity index (χ0) is 25.4. The van der Waals surface area contributed by atoms with Crippen LogP contribution >= 0.6 is 0 Å². The number of amides is 1. The van der Waals surface area contributed by atoms with E-state index in [2.05, 4.69) is 10.3 Å². The molecule has 2 heterocycles. The first-order chi connectivity index (χ1) is 15.9. The van der Waals surface area contributed by atoms with Gasteiger partial charge in [-0.05, 0) is 18.2 Å².